The highest BCUT2D eigenvalue weighted by atomic mass is 16.5. The molecule has 2 aromatic rings. The molecule has 2 amide bonds. The minimum atomic E-state index is -0.181. The zero-order valence-electron chi connectivity index (χ0n) is 13.3. The van der Waals surface area contributed by atoms with Crippen LogP contribution >= 0.6 is 0 Å². The molecule has 0 unspecified atom stereocenters. The predicted octanol–water partition coefficient (Wildman–Crippen LogP) is 2.76. The van der Waals surface area contributed by atoms with Crippen molar-refractivity contribution in [3.63, 3.8) is 0 Å². The second-order valence-corrected chi connectivity index (χ2v) is 5.07. The number of para-hydroxylation sites is 2. The molecule has 0 saturated heterocycles. The Morgan fingerprint density at radius 2 is 1.74 bits per heavy atom. The fraction of sp³-hybridized carbons (Fsp3) is 0.222. The van der Waals surface area contributed by atoms with Gasteiger partial charge in [-0.05, 0) is 30.7 Å². The first-order valence-corrected chi connectivity index (χ1v) is 7.38. The van der Waals surface area contributed by atoms with Crippen LogP contribution in [0, 0.1) is 6.92 Å². The molecule has 0 aliphatic carbocycles. The van der Waals surface area contributed by atoms with Crippen LogP contribution in [0.5, 0.6) is 5.75 Å². The van der Waals surface area contributed by atoms with Gasteiger partial charge in [0.2, 0.25) is 5.91 Å². The maximum Gasteiger partial charge on any atom is 0.251 e. The smallest absolute Gasteiger partial charge is 0.251 e. The minimum Gasteiger partial charge on any atom is -0.495 e. The lowest BCUT2D eigenvalue weighted by atomic mass is 10.1. The van der Waals surface area contributed by atoms with E-state index in [1.165, 1.54) is 0 Å². The summed E-state index contributed by atoms with van der Waals surface area (Å²) in [6.07, 6.45) is 0.190. The van der Waals surface area contributed by atoms with E-state index in [2.05, 4.69) is 10.6 Å². The number of amides is 2. The second kappa shape index (κ2) is 7.98. The summed E-state index contributed by atoms with van der Waals surface area (Å²) in [5.74, 6) is 0.248. The van der Waals surface area contributed by atoms with Crippen molar-refractivity contribution in [2.45, 2.75) is 13.3 Å². The molecule has 0 heterocycles. The van der Waals surface area contributed by atoms with Gasteiger partial charge in [0.15, 0.2) is 0 Å². The van der Waals surface area contributed by atoms with Crippen molar-refractivity contribution in [1.82, 2.24) is 5.32 Å². The average Bonchev–Trinajstić information content (AvgIpc) is 2.55. The van der Waals surface area contributed by atoms with E-state index in [9.17, 15) is 9.59 Å². The molecule has 0 aromatic heterocycles. The Hall–Kier alpha value is -2.82. The number of anilines is 1. The largest absolute Gasteiger partial charge is 0.495 e. The van der Waals surface area contributed by atoms with Crippen LogP contribution < -0.4 is 15.4 Å². The summed E-state index contributed by atoms with van der Waals surface area (Å²) >= 11 is 0. The Morgan fingerprint density at radius 1 is 1.04 bits per heavy atom. The van der Waals surface area contributed by atoms with E-state index in [4.69, 9.17) is 4.74 Å². The normalized spacial score (nSPS) is 10.0. The van der Waals surface area contributed by atoms with Crippen LogP contribution in [0.15, 0.2) is 48.5 Å². The first kappa shape index (κ1) is 16.5. The molecular formula is C18H20N2O3. The Morgan fingerprint density at radius 3 is 2.48 bits per heavy atom. The topological polar surface area (TPSA) is 67.4 Å². The van der Waals surface area contributed by atoms with Crippen molar-refractivity contribution in [3.8, 4) is 5.75 Å². The standard InChI is InChI=1S/C18H20N2O3/c1-13-7-3-4-8-14(13)18(22)19-12-11-17(21)20-15-9-5-6-10-16(15)23-2/h3-10H,11-12H2,1-2H3,(H,19,22)(H,20,21). The number of hydrogen-bond donors (Lipinski definition) is 2. The quantitative estimate of drug-likeness (QED) is 0.862. The summed E-state index contributed by atoms with van der Waals surface area (Å²) < 4.78 is 5.18. The lowest BCUT2D eigenvalue weighted by Gasteiger charge is -2.10. The summed E-state index contributed by atoms with van der Waals surface area (Å²) in [5.41, 5.74) is 2.14. The van der Waals surface area contributed by atoms with Crippen molar-refractivity contribution in [2.24, 2.45) is 0 Å². The van der Waals surface area contributed by atoms with Gasteiger partial charge in [-0.25, -0.2) is 0 Å². The van der Waals surface area contributed by atoms with Gasteiger partial charge in [0.05, 0.1) is 12.8 Å². The van der Waals surface area contributed by atoms with Crippen LogP contribution in [0.1, 0.15) is 22.3 Å². The van der Waals surface area contributed by atoms with Gasteiger partial charge in [0.1, 0.15) is 5.75 Å². The van der Waals surface area contributed by atoms with Crippen LogP contribution in [-0.4, -0.2) is 25.5 Å². The molecule has 120 valence electrons. The molecule has 0 atom stereocenters. The molecule has 0 fully saturated rings. The number of methoxy groups -OCH3 is 1. The number of aryl methyl sites for hydroxylation is 1. The lowest BCUT2D eigenvalue weighted by Crippen LogP contribution is -2.28. The van der Waals surface area contributed by atoms with E-state index < -0.39 is 0 Å². The lowest BCUT2D eigenvalue weighted by molar-refractivity contribution is -0.116. The number of carbonyl (C=O) groups is 2. The highest BCUT2D eigenvalue weighted by Gasteiger charge is 2.10. The third-order valence-electron chi connectivity index (χ3n) is 3.41. The molecule has 2 N–H and O–H groups in total. The Labute approximate surface area is 135 Å². The summed E-state index contributed by atoms with van der Waals surface area (Å²) in [6, 6.07) is 14.5. The maximum absolute atomic E-state index is 12.0. The van der Waals surface area contributed by atoms with Crippen LogP contribution in [0.4, 0.5) is 5.69 Å². The second-order valence-electron chi connectivity index (χ2n) is 5.07. The molecule has 5 nitrogen and oxygen atoms in total. The van der Waals surface area contributed by atoms with E-state index >= 15 is 0 Å². The first-order chi connectivity index (χ1) is 11.1. The van der Waals surface area contributed by atoms with Crippen LogP contribution in [0.25, 0.3) is 0 Å². The fourth-order valence-corrected chi connectivity index (χ4v) is 2.17. The molecule has 0 radical (unpaired) electrons. The highest BCUT2D eigenvalue weighted by Crippen LogP contribution is 2.22. The van der Waals surface area contributed by atoms with Gasteiger partial charge < -0.3 is 15.4 Å². The van der Waals surface area contributed by atoms with Crippen molar-refractivity contribution in [1.29, 1.82) is 0 Å². The van der Waals surface area contributed by atoms with Crippen LogP contribution in [-0.2, 0) is 4.79 Å². The summed E-state index contributed by atoms with van der Waals surface area (Å²) in [6.45, 7) is 2.15. The van der Waals surface area contributed by atoms with Gasteiger partial charge in [-0.1, -0.05) is 30.3 Å². The molecule has 23 heavy (non-hydrogen) atoms. The maximum atomic E-state index is 12.0. The number of ether oxygens (including phenoxy) is 1. The summed E-state index contributed by atoms with van der Waals surface area (Å²) in [5, 5.41) is 5.53. The van der Waals surface area contributed by atoms with E-state index in [1.807, 2.05) is 37.3 Å². The molecule has 0 saturated carbocycles. The third kappa shape index (κ3) is 4.57. The van der Waals surface area contributed by atoms with Crippen LogP contribution in [0.3, 0.4) is 0 Å². The molecular weight excluding hydrogens is 292 g/mol. The van der Waals surface area contributed by atoms with Crippen molar-refractivity contribution >= 4 is 17.5 Å². The van der Waals surface area contributed by atoms with Crippen molar-refractivity contribution in [2.75, 3.05) is 19.0 Å². The van der Waals surface area contributed by atoms with Gasteiger partial charge >= 0.3 is 0 Å². The van der Waals surface area contributed by atoms with E-state index in [1.54, 1.807) is 25.3 Å². The van der Waals surface area contributed by atoms with Gasteiger partial charge in [-0.3, -0.25) is 9.59 Å². The SMILES string of the molecule is COc1ccccc1NC(=O)CCNC(=O)c1ccccc1C. The molecule has 2 rings (SSSR count). The predicted molar refractivity (Wildman–Crippen MR) is 89.8 cm³/mol. The van der Waals surface area contributed by atoms with Gasteiger partial charge in [0, 0.05) is 18.5 Å². The number of rotatable bonds is 6. The molecule has 0 bridgehead atoms. The van der Waals surface area contributed by atoms with Crippen molar-refractivity contribution < 1.29 is 14.3 Å². The number of nitrogens with one attached hydrogen (secondary N) is 2. The molecule has 0 aliphatic heterocycles. The monoisotopic (exact) mass is 312 g/mol. The minimum absolute atomic E-state index is 0.173. The van der Waals surface area contributed by atoms with Gasteiger partial charge in [-0.2, -0.15) is 0 Å². The van der Waals surface area contributed by atoms with E-state index in [0.717, 1.165) is 5.56 Å². The van der Waals surface area contributed by atoms with E-state index in [-0.39, 0.29) is 24.8 Å². The summed E-state index contributed by atoms with van der Waals surface area (Å²) in [7, 11) is 1.55. The number of benzene rings is 2. The Balaban J connectivity index is 1.83. The Kier molecular flexibility index (Phi) is 5.74. The zero-order chi connectivity index (χ0) is 16.7. The third-order valence-corrected chi connectivity index (χ3v) is 3.41. The summed E-state index contributed by atoms with van der Waals surface area (Å²) in [4.78, 5) is 24.0. The van der Waals surface area contributed by atoms with Gasteiger partial charge in [-0.15, -0.1) is 0 Å². The first-order valence-electron chi connectivity index (χ1n) is 7.38. The van der Waals surface area contributed by atoms with Gasteiger partial charge in [0.25, 0.3) is 5.91 Å². The molecule has 0 spiro atoms. The molecule has 2 aromatic carbocycles. The molecule has 0 aliphatic rings. The number of carbonyl (C=O) groups excluding carboxylic acids is 2. The Bertz CT molecular complexity index is 698. The highest BCUT2D eigenvalue weighted by molar-refractivity contribution is 5.96. The number of hydrogen-bond acceptors (Lipinski definition) is 3. The molecule has 5 heteroatoms. The van der Waals surface area contributed by atoms with E-state index in [0.29, 0.717) is 17.0 Å². The fourth-order valence-electron chi connectivity index (χ4n) is 2.17. The van der Waals surface area contributed by atoms with Crippen molar-refractivity contribution in [3.05, 3.63) is 59.7 Å². The van der Waals surface area contributed by atoms with Crippen LogP contribution in [0.2, 0.25) is 0 Å². The average molecular weight is 312 g/mol. The zero-order valence-corrected chi connectivity index (χ0v) is 13.3.